The van der Waals surface area contributed by atoms with Crippen LogP contribution in [0.15, 0.2) is 18.5 Å². The van der Waals surface area contributed by atoms with Gasteiger partial charge in [-0.05, 0) is 25.2 Å². The minimum atomic E-state index is -0.0941. The Morgan fingerprint density at radius 2 is 2.41 bits per heavy atom. The minimum absolute atomic E-state index is 0.0941. The van der Waals surface area contributed by atoms with Crippen molar-refractivity contribution in [2.45, 2.75) is 30.6 Å². The Morgan fingerprint density at radius 1 is 1.59 bits per heavy atom. The standard InChI is InChI=1S/C12H15ClN2OS/c1-17-11-4-2-3-10(11)15-12(16)8-5-6-14-7-9(8)13/h5-7,10-11H,2-4H2,1H3,(H,15,16). The highest BCUT2D eigenvalue weighted by molar-refractivity contribution is 7.99. The molecule has 1 aliphatic carbocycles. The summed E-state index contributed by atoms with van der Waals surface area (Å²) in [5, 5.41) is 4.00. The Labute approximate surface area is 110 Å². The first-order chi connectivity index (χ1) is 8.22. The number of pyridine rings is 1. The molecule has 2 atom stereocenters. The summed E-state index contributed by atoms with van der Waals surface area (Å²) in [6.45, 7) is 0. The maximum Gasteiger partial charge on any atom is 0.253 e. The fourth-order valence-corrected chi connectivity index (χ4v) is 3.32. The summed E-state index contributed by atoms with van der Waals surface area (Å²) in [4.78, 5) is 15.9. The van der Waals surface area contributed by atoms with Crippen LogP contribution >= 0.6 is 23.4 Å². The maximum atomic E-state index is 12.1. The normalized spacial score (nSPS) is 23.6. The topological polar surface area (TPSA) is 42.0 Å². The smallest absolute Gasteiger partial charge is 0.253 e. The number of hydrogen-bond donors (Lipinski definition) is 1. The predicted octanol–water partition coefficient (Wildman–Crippen LogP) is 2.75. The summed E-state index contributed by atoms with van der Waals surface area (Å²) in [5.74, 6) is -0.0941. The van der Waals surface area contributed by atoms with Gasteiger partial charge in [-0.1, -0.05) is 18.0 Å². The number of nitrogens with one attached hydrogen (secondary N) is 1. The van der Waals surface area contributed by atoms with Crippen molar-refractivity contribution in [2.75, 3.05) is 6.26 Å². The van der Waals surface area contributed by atoms with E-state index in [1.54, 1.807) is 12.3 Å². The van der Waals surface area contributed by atoms with Crippen LogP contribution < -0.4 is 5.32 Å². The number of aromatic nitrogens is 1. The summed E-state index contributed by atoms with van der Waals surface area (Å²) in [6, 6.07) is 1.92. The van der Waals surface area contributed by atoms with Crippen molar-refractivity contribution in [1.82, 2.24) is 10.3 Å². The van der Waals surface area contributed by atoms with Gasteiger partial charge >= 0.3 is 0 Å². The highest BCUT2D eigenvalue weighted by Gasteiger charge is 2.28. The van der Waals surface area contributed by atoms with Crippen molar-refractivity contribution in [1.29, 1.82) is 0 Å². The molecule has 0 saturated heterocycles. The van der Waals surface area contributed by atoms with Gasteiger partial charge in [0.25, 0.3) is 5.91 Å². The van der Waals surface area contributed by atoms with Crippen molar-refractivity contribution in [3.05, 3.63) is 29.0 Å². The first-order valence-corrected chi connectivity index (χ1v) is 7.32. The number of carbonyl (C=O) groups excluding carboxylic acids is 1. The van der Waals surface area contributed by atoms with Crippen LogP contribution in [0.3, 0.4) is 0 Å². The molecular weight excluding hydrogens is 256 g/mol. The molecule has 0 radical (unpaired) electrons. The molecule has 1 amide bonds. The third kappa shape index (κ3) is 2.93. The van der Waals surface area contributed by atoms with Gasteiger partial charge < -0.3 is 5.32 Å². The summed E-state index contributed by atoms with van der Waals surface area (Å²) in [7, 11) is 0. The van der Waals surface area contributed by atoms with Gasteiger partial charge in [-0.15, -0.1) is 0 Å². The molecule has 0 aliphatic heterocycles. The molecule has 1 aliphatic rings. The SMILES string of the molecule is CSC1CCCC1NC(=O)c1ccncc1Cl. The van der Waals surface area contributed by atoms with E-state index in [9.17, 15) is 4.79 Å². The molecule has 1 fully saturated rings. The molecule has 2 unspecified atom stereocenters. The average Bonchev–Trinajstić information content (AvgIpc) is 2.76. The molecular formula is C12H15ClN2OS. The number of halogens is 1. The largest absolute Gasteiger partial charge is 0.348 e. The van der Waals surface area contributed by atoms with Gasteiger partial charge in [-0.3, -0.25) is 9.78 Å². The van der Waals surface area contributed by atoms with E-state index < -0.39 is 0 Å². The van der Waals surface area contributed by atoms with E-state index in [0.717, 1.165) is 6.42 Å². The summed E-state index contributed by atoms with van der Waals surface area (Å²) in [6.07, 6.45) is 8.59. The highest BCUT2D eigenvalue weighted by Crippen LogP contribution is 2.28. The number of carbonyl (C=O) groups is 1. The van der Waals surface area contributed by atoms with E-state index in [4.69, 9.17) is 11.6 Å². The molecule has 0 spiro atoms. The van der Waals surface area contributed by atoms with Crippen LogP contribution in [-0.4, -0.2) is 28.4 Å². The van der Waals surface area contributed by atoms with Crippen molar-refractivity contribution in [3.63, 3.8) is 0 Å². The van der Waals surface area contributed by atoms with Gasteiger partial charge in [0.05, 0.1) is 10.6 Å². The lowest BCUT2D eigenvalue weighted by molar-refractivity contribution is 0.0939. The van der Waals surface area contributed by atoms with Gasteiger partial charge in [0.15, 0.2) is 0 Å². The molecule has 1 aromatic heterocycles. The van der Waals surface area contributed by atoms with Gasteiger partial charge in [0.2, 0.25) is 0 Å². The van der Waals surface area contributed by atoms with Gasteiger partial charge in [0, 0.05) is 23.7 Å². The Balaban J connectivity index is 2.04. The molecule has 3 nitrogen and oxygen atoms in total. The summed E-state index contributed by atoms with van der Waals surface area (Å²) >= 11 is 7.77. The molecule has 0 aromatic carbocycles. The van der Waals surface area contributed by atoms with Gasteiger partial charge in [-0.25, -0.2) is 0 Å². The van der Waals surface area contributed by atoms with Gasteiger partial charge in [-0.2, -0.15) is 11.8 Å². The molecule has 1 N–H and O–H groups in total. The molecule has 92 valence electrons. The zero-order chi connectivity index (χ0) is 12.3. The second-order valence-electron chi connectivity index (χ2n) is 4.14. The van der Waals surface area contributed by atoms with Crippen LogP contribution in [0.4, 0.5) is 0 Å². The second-order valence-corrected chi connectivity index (χ2v) is 5.62. The molecule has 1 aromatic rings. The predicted molar refractivity (Wildman–Crippen MR) is 71.7 cm³/mol. The zero-order valence-corrected chi connectivity index (χ0v) is 11.2. The zero-order valence-electron chi connectivity index (χ0n) is 9.65. The van der Waals surface area contributed by atoms with Crippen molar-refractivity contribution in [3.8, 4) is 0 Å². The van der Waals surface area contributed by atoms with Crippen LogP contribution in [-0.2, 0) is 0 Å². The number of hydrogen-bond acceptors (Lipinski definition) is 3. The van der Waals surface area contributed by atoms with Crippen molar-refractivity contribution >= 4 is 29.3 Å². The lowest BCUT2D eigenvalue weighted by atomic mass is 10.2. The number of amides is 1. The van der Waals surface area contributed by atoms with E-state index in [1.807, 2.05) is 11.8 Å². The second kappa shape index (κ2) is 5.74. The van der Waals surface area contributed by atoms with Crippen molar-refractivity contribution in [2.24, 2.45) is 0 Å². The maximum absolute atomic E-state index is 12.1. The molecule has 0 bridgehead atoms. The number of nitrogens with zero attached hydrogens (tertiary/aromatic N) is 1. The van der Waals surface area contributed by atoms with Crippen LogP contribution in [0, 0.1) is 0 Å². The van der Waals surface area contributed by atoms with Crippen LogP contribution in [0.2, 0.25) is 5.02 Å². The fourth-order valence-electron chi connectivity index (χ4n) is 2.18. The fraction of sp³-hybridized carbons (Fsp3) is 0.500. The number of rotatable bonds is 3. The van der Waals surface area contributed by atoms with E-state index in [1.165, 1.54) is 19.0 Å². The molecule has 2 rings (SSSR count). The first kappa shape index (κ1) is 12.7. The van der Waals surface area contributed by atoms with E-state index in [2.05, 4.69) is 16.6 Å². The molecule has 1 heterocycles. The highest BCUT2D eigenvalue weighted by atomic mass is 35.5. The summed E-state index contributed by atoms with van der Waals surface area (Å²) in [5.41, 5.74) is 0.508. The van der Waals surface area contributed by atoms with E-state index >= 15 is 0 Å². The molecule has 5 heteroatoms. The quantitative estimate of drug-likeness (QED) is 0.918. The minimum Gasteiger partial charge on any atom is -0.348 e. The Bertz CT molecular complexity index is 413. The Hall–Kier alpha value is -0.740. The lowest BCUT2D eigenvalue weighted by Gasteiger charge is -2.19. The van der Waals surface area contributed by atoms with E-state index in [0.29, 0.717) is 15.8 Å². The Morgan fingerprint density at radius 3 is 3.12 bits per heavy atom. The monoisotopic (exact) mass is 270 g/mol. The van der Waals surface area contributed by atoms with Crippen LogP contribution in [0.5, 0.6) is 0 Å². The molecule has 1 saturated carbocycles. The summed E-state index contributed by atoms with van der Waals surface area (Å²) < 4.78 is 0. The van der Waals surface area contributed by atoms with Gasteiger partial charge in [0.1, 0.15) is 0 Å². The lowest BCUT2D eigenvalue weighted by Crippen LogP contribution is -2.38. The molecule has 17 heavy (non-hydrogen) atoms. The van der Waals surface area contributed by atoms with E-state index in [-0.39, 0.29) is 11.9 Å². The van der Waals surface area contributed by atoms with Crippen LogP contribution in [0.25, 0.3) is 0 Å². The van der Waals surface area contributed by atoms with Crippen molar-refractivity contribution < 1.29 is 4.79 Å². The first-order valence-electron chi connectivity index (χ1n) is 5.65. The number of thioether (sulfide) groups is 1. The third-order valence-electron chi connectivity index (χ3n) is 3.09. The van der Waals surface area contributed by atoms with Crippen LogP contribution in [0.1, 0.15) is 29.6 Å². The third-order valence-corrected chi connectivity index (χ3v) is 4.56. The average molecular weight is 271 g/mol. The Kier molecular flexibility index (Phi) is 4.29.